The van der Waals surface area contributed by atoms with Crippen molar-refractivity contribution in [2.75, 3.05) is 5.73 Å². The van der Waals surface area contributed by atoms with Crippen molar-refractivity contribution in [3.8, 4) is 44.8 Å². The van der Waals surface area contributed by atoms with E-state index in [4.69, 9.17) is 15.8 Å². The number of hydrogen-bond donors (Lipinski definition) is 2. The highest BCUT2D eigenvalue weighted by Gasteiger charge is 2.38. The van der Waals surface area contributed by atoms with Crippen molar-refractivity contribution in [2.24, 2.45) is 0 Å². The summed E-state index contributed by atoms with van der Waals surface area (Å²) in [7, 11) is 0. The smallest absolute Gasteiger partial charge is 0.164 e. The van der Waals surface area contributed by atoms with Crippen LogP contribution >= 0.6 is 0 Å². The summed E-state index contributed by atoms with van der Waals surface area (Å²) in [6.45, 7) is 1.91. The first-order valence-electron chi connectivity index (χ1n) is 13.7. The van der Waals surface area contributed by atoms with Crippen molar-refractivity contribution in [3.63, 3.8) is 0 Å². The third kappa shape index (κ3) is 4.34. The maximum atomic E-state index is 10.2. The first kappa shape index (κ1) is 24.3. The zero-order valence-electron chi connectivity index (χ0n) is 22.3. The Morgan fingerprint density at radius 3 is 2.02 bits per heavy atom. The Hall–Kier alpha value is -4.74. The topological polar surface area (TPSA) is 76.4 Å². The van der Waals surface area contributed by atoms with Gasteiger partial charge in [-0.3, -0.25) is 0 Å². The van der Waals surface area contributed by atoms with Crippen LogP contribution in [0.1, 0.15) is 31.2 Å². The predicted octanol–water partition coefficient (Wildman–Crippen LogP) is 7.61. The number of nitrogens with two attached hydrogens (primary N) is 1. The first-order chi connectivity index (χ1) is 19.4. The van der Waals surface area contributed by atoms with E-state index in [0.29, 0.717) is 11.6 Å². The summed E-state index contributed by atoms with van der Waals surface area (Å²) in [6, 6.07) is 37.1. The Morgan fingerprint density at radius 2 is 1.38 bits per heavy atom. The van der Waals surface area contributed by atoms with Gasteiger partial charge in [0.1, 0.15) is 5.69 Å². The average Bonchev–Trinajstić information content (AvgIpc) is 3.35. The molecule has 5 heteroatoms. The van der Waals surface area contributed by atoms with E-state index < -0.39 is 5.60 Å². The summed E-state index contributed by atoms with van der Waals surface area (Å²) in [5, 5.41) is 15.3. The molecule has 1 fully saturated rings. The molecular formula is C35H30N4O. The Balaban J connectivity index is 1.45. The van der Waals surface area contributed by atoms with E-state index in [9.17, 15) is 5.11 Å². The van der Waals surface area contributed by atoms with E-state index in [1.54, 1.807) is 0 Å². The molecule has 1 aliphatic carbocycles. The van der Waals surface area contributed by atoms with E-state index in [2.05, 4.69) is 60.8 Å². The summed E-state index contributed by atoms with van der Waals surface area (Å²) in [6.07, 6.45) is 3.69. The normalized spacial score (nSPS) is 18.5. The van der Waals surface area contributed by atoms with Gasteiger partial charge in [0.05, 0.1) is 16.9 Å². The van der Waals surface area contributed by atoms with Gasteiger partial charge in [0.15, 0.2) is 5.65 Å². The van der Waals surface area contributed by atoms with Crippen molar-refractivity contribution in [1.82, 2.24) is 14.6 Å². The molecule has 0 atom stereocenters. The standard InChI is InChI=1S/C35H30N4O/c1-35(40)20-28(21-35)23-15-17-26(18-16-23)32-30(24-9-4-2-5-10-24)22-39-34(37-32)31(27-13-8-14-29(36)19-27)33(38-39)25-11-6-3-7-12-25/h2-19,22,28,40H,20-21,36H2,1H3. The van der Waals surface area contributed by atoms with Crippen molar-refractivity contribution in [3.05, 3.63) is 121 Å². The molecule has 0 radical (unpaired) electrons. The number of anilines is 1. The van der Waals surface area contributed by atoms with Crippen LogP contribution in [0.15, 0.2) is 115 Å². The molecular weight excluding hydrogens is 492 g/mol. The zero-order chi connectivity index (χ0) is 27.3. The summed E-state index contributed by atoms with van der Waals surface area (Å²) in [4.78, 5) is 5.33. The highest BCUT2D eigenvalue weighted by Crippen LogP contribution is 2.45. The van der Waals surface area contributed by atoms with E-state index in [-0.39, 0.29) is 0 Å². The number of fused-ring (bicyclic) bond motifs is 1. The van der Waals surface area contributed by atoms with E-state index in [1.165, 1.54) is 5.56 Å². The maximum absolute atomic E-state index is 10.2. The van der Waals surface area contributed by atoms with Crippen molar-refractivity contribution < 1.29 is 5.11 Å². The lowest BCUT2D eigenvalue weighted by Crippen LogP contribution is -2.39. The number of nitrogen functional groups attached to an aromatic ring is 1. The Morgan fingerprint density at radius 1 is 0.750 bits per heavy atom. The van der Waals surface area contributed by atoms with Crippen molar-refractivity contribution >= 4 is 11.3 Å². The monoisotopic (exact) mass is 522 g/mol. The van der Waals surface area contributed by atoms with Crippen LogP contribution < -0.4 is 5.73 Å². The fourth-order valence-electron chi connectivity index (χ4n) is 5.93. The number of aromatic nitrogens is 3. The number of rotatable bonds is 5. The van der Waals surface area contributed by atoms with Gasteiger partial charge in [0, 0.05) is 28.6 Å². The number of aliphatic hydroxyl groups is 1. The minimum absolute atomic E-state index is 0.395. The molecule has 7 rings (SSSR count). The quantitative estimate of drug-likeness (QED) is 0.229. The van der Waals surface area contributed by atoms with Gasteiger partial charge in [-0.25, -0.2) is 9.50 Å². The van der Waals surface area contributed by atoms with Crippen LogP contribution in [0.5, 0.6) is 0 Å². The Bertz CT molecular complexity index is 1820. The third-order valence-electron chi connectivity index (χ3n) is 7.94. The molecule has 0 unspecified atom stereocenters. The minimum atomic E-state index is -0.549. The molecule has 4 aromatic carbocycles. The fourth-order valence-corrected chi connectivity index (χ4v) is 5.93. The van der Waals surface area contributed by atoms with Crippen LogP contribution in [-0.2, 0) is 0 Å². The molecule has 0 amide bonds. The zero-order valence-corrected chi connectivity index (χ0v) is 22.3. The van der Waals surface area contributed by atoms with Gasteiger partial charge in [0.25, 0.3) is 0 Å². The maximum Gasteiger partial charge on any atom is 0.164 e. The fraction of sp³-hybridized carbons (Fsp3) is 0.143. The minimum Gasteiger partial charge on any atom is -0.399 e. The second-order valence-corrected chi connectivity index (χ2v) is 11.1. The van der Waals surface area contributed by atoms with E-state index in [0.717, 1.165) is 63.3 Å². The molecule has 40 heavy (non-hydrogen) atoms. The lowest BCUT2D eigenvalue weighted by molar-refractivity contribution is -0.0313. The first-order valence-corrected chi connectivity index (χ1v) is 13.7. The molecule has 1 saturated carbocycles. The summed E-state index contributed by atoms with van der Waals surface area (Å²) in [5.74, 6) is 0.395. The molecule has 2 heterocycles. The number of benzene rings is 4. The molecule has 5 nitrogen and oxygen atoms in total. The van der Waals surface area contributed by atoms with Gasteiger partial charge in [-0.1, -0.05) is 97.1 Å². The van der Waals surface area contributed by atoms with Crippen LogP contribution in [-0.4, -0.2) is 25.3 Å². The molecule has 196 valence electrons. The van der Waals surface area contributed by atoms with E-state index in [1.807, 2.05) is 66.0 Å². The highest BCUT2D eigenvalue weighted by molar-refractivity contribution is 5.93. The average molecular weight is 523 g/mol. The second kappa shape index (κ2) is 9.47. The van der Waals surface area contributed by atoms with Crippen molar-refractivity contribution in [2.45, 2.75) is 31.3 Å². The SMILES string of the molecule is CC1(O)CC(c2ccc(-c3nc4c(-c5cccc(N)c5)c(-c5ccccc5)nn4cc3-c3ccccc3)cc2)C1. The lowest BCUT2D eigenvalue weighted by Gasteiger charge is -2.41. The van der Waals surface area contributed by atoms with Gasteiger partial charge in [-0.2, -0.15) is 5.10 Å². The van der Waals surface area contributed by atoms with Crippen LogP contribution in [0.4, 0.5) is 5.69 Å². The summed E-state index contributed by atoms with van der Waals surface area (Å²) in [5.41, 5.74) is 16.2. The van der Waals surface area contributed by atoms with Crippen LogP contribution in [0.3, 0.4) is 0 Å². The summed E-state index contributed by atoms with van der Waals surface area (Å²) < 4.78 is 1.90. The molecule has 0 spiro atoms. The van der Waals surface area contributed by atoms with Crippen LogP contribution in [0.25, 0.3) is 50.4 Å². The van der Waals surface area contributed by atoms with Gasteiger partial charge in [-0.15, -0.1) is 0 Å². The predicted molar refractivity (Wildman–Crippen MR) is 162 cm³/mol. The lowest BCUT2D eigenvalue weighted by atomic mass is 9.69. The van der Waals surface area contributed by atoms with Gasteiger partial charge in [-0.05, 0) is 54.5 Å². The molecule has 2 aromatic heterocycles. The van der Waals surface area contributed by atoms with E-state index >= 15 is 0 Å². The highest BCUT2D eigenvalue weighted by atomic mass is 16.3. The molecule has 0 bridgehead atoms. The molecule has 3 N–H and O–H groups in total. The summed E-state index contributed by atoms with van der Waals surface area (Å²) >= 11 is 0. The second-order valence-electron chi connectivity index (χ2n) is 11.1. The molecule has 1 aliphatic rings. The van der Waals surface area contributed by atoms with Gasteiger partial charge >= 0.3 is 0 Å². The molecule has 0 aliphatic heterocycles. The van der Waals surface area contributed by atoms with Gasteiger partial charge < -0.3 is 10.8 Å². The van der Waals surface area contributed by atoms with Crippen LogP contribution in [0.2, 0.25) is 0 Å². The number of hydrogen-bond acceptors (Lipinski definition) is 4. The van der Waals surface area contributed by atoms with Crippen molar-refractivity contribution in [1.29, 1.82) is 0 Å². The number of nitrogens with zero attached hydrogens (tertiary/aromatic N) is 3. The largest absolute Gasteiger partial charge is 0.399 e. The Labute approximate surface area is 233 Å². The molecule has 6 aromatic rings. The Kier molecular flexibility index (Phi) is 5.76. The van der Waals surface area contributed by atoms with Crippen LogP contribution in [0, 0.1) is 0 Å². The molecule has 0 saturated heterocycles. The third-order valence-corrected chi connectivity index (χ3v) is 7.94. The van der Waals surface area contributed by atoms with Gasteiger partial charge in [0.2, 0.25) is 0 Å².